The minimum Gasteiger partial charge on any atom is -0.494 e. The zero-order valence-corrected chi connectivity index (χ0v) is 17.6. The number of thioether (sulfide) groups is 1. The van der Waals surface area contributed by atoms with Crippen LogP contribution < -0.4 is 10.1 Å². The number of halogens is 1. The summed E-state index contributed by atoms with van der Waals surface area (Å²) < 4.78 is 19.5. The summed E-state index contributed by atoms with van der Waals surface area (Å²) in [5, 5.41) is 12.2. The van der Waals surface area contributed by atoms with Crippen LogP contribution in [0.5, 0.6) is 5.75 Å². The van der Waals surface area contributed by atoms with Gasteiger partial charge in [0.2, 0.25) is 11.0 Å². The zero-order chi connectivity index (χ0) is 19.8. The van der Waals surface area contributed by atoms with Crippen LogP contribution in [0.4, 0.5) is 9.52 Å². The molecule has 2 rings (SSSR count). The van der Waals surface area contributed by atoms with Crippen LogP contribution in [0.25, 0.3) is 0 Å². The van der Waals surface area contributed by atoms with Gasteiger partial charge in [0.25, 0.3) is 0 Å². The normalized spacial score (nSPS) is 11.9. The van der Waals surface area contributed by atoms with Gasteiger partial charge in [0, 0.05) is 19.1 Å². The van der Waals surface area contributed by atoms with E-state index in [2.05, 4.69) is 29.4 Å². The van der Waals surface area contributed by atoms with Gasteiger partial charge in [-0.05, 0) is 38.0 Å². The van der Waals surface area contributed by atoms with Gasteiger partial charge in [0.15, 0.2) is 15.9 Å². The fourth-order valence-electron chi connectivity index (χ4n) is 2.26. The number of methoxy groups -OCH3 is 1. The first kappa shape index (κ1) is 21.4. The number of hydrogen-bond donors (Lipinski definition) is 1. The molecule has 0 radical (unpaired) electrons. The van der Waals surface area contributed by atoms with Crippen LogP contribution in [-0.4, -0.2) is 46.5 Å². The van der Waals surface area contributed by atoms with Crippen molar-refractivity contribution >= 4 is 34.1 Å². The third-order valence-electron chi connectivity index (χ3n) is 4.03. The van der Waals surface area contributed by atoms with E-state index in [1.165, 1.54) is 36.3 Å². The molecular weight excluding hydrogens is 387 g/mol. The van der Waals surface area contributed by atoms with Gasteiger partial charge in [-0.3, -0.25) is 4.79 Å². The molecular formula is C18H25FN4O2S2. The first-order chi connectivity index (χ1) is 13.0. The van der Waals surface area contributed by atoms with Crippen LogP contribution in [0.15, 0.2) is 22.5 Å². The van der Waals surface area contributed by atoms with E-state index < -0.39 is 5.82 Å². The van der Waals surface area contributed by atoms with E-state index in [1.807, 2.05) is 6.92 Å². The van der Waals surface area contributed by atoms with Crippen LogP contribution in [0.3, 0.4) is 0 Å². The van der Waals surface area contributed by atoms with Gasteiger partial charge >= 0.3 is 0 Å². The Morgan fingerprint density at radius 1 is 1.41 bits per heavy atom. The second-order valence-corrected chi connectivity index (χ2v) is 8.19. The van der Waals surface area contributed by atoms with Crippen molar-refractivity contribution in [3.8, 4) is 5.75 Å². The van der Waals surface area contributed by atoms with Crippen molar-refractivity contribution in [2.24, 2.45) is 0 Å². The molecule has 6 nitrogen and oxygen atoms in total. The Kier molecular flexibility index (Phi) is 8.30. The molecule has 1 atom stereocenters. The first-order valence-corrected chi connectivity index (χ1v) is 10.6. The number of ether oxygens (including phenoxy) is 1. The molecule has 0 aliphatic heterocycles. The summed E-state index contributed by atoms with van der Waals surface area (Å²) in [6, 6.07) is 5.07. The van der Waals surface area contributed by atoms with Crippen molar-refractivity contribution < 1.29 is 13.9 Å². The molecule has 1 aromatic heterocycles. The Labute approximate surface area is 167 Å². The van der Waals surface area contributed by atoms with E-state index in [1.54, 1.807) is 17.0 Å². The minimum atomic E-state index is -0.428. The molecule has 27 heavy (non-hydrogen) atoms. The number of benzene rings is 1. The molecule has 0 bridgehead atoms. The van der Waals surface area contributed by atoms with Crippen molar-refractivity contribution in [1.82, 2.24) is 15.1 Å². The van der Waals surface area contributed by atoms with Gasteiger partial charge in [-0.2, -0.15) is 0 Å². The standard InChI is InChI=1S/C18H25FN4O2S2/c1-5-12(3)20-17-21-22-18(27-17)26-11-16(24)23(6-2)10-13-7-8-15(25-4)14(19)9-13/h7-9,12H,5-6,10-11H2,1-4H3,(H,20,21)/t12-/m1/s1. The lowest BCUT2D eigenvalue weighted by Gasteiger charge is -2.21. The summed E-state index contributed by atoms with van der Waals surface area (Å²) in [6.45, 7) is 6.99. The van der Waals surface area contributed by atoms with Crippen LogP contribution in [0, 0.1) is 5.82 Å². The molecule has 0 saturated heterocycles. The van der Waals surface area contributed by atoms with Crippen molar-refractivity contribution in [3.05, 3.63) is 29.6 Å². The highest BCUT2D eigenvalue weighted by Crippen LogP contribution is 2.26. The number of amides is 1. The zero-order valence-electron chi connectivity index (χ0n) is 16.0. The quantitative estimate of drug-likeness (QED) is 0.594. The largest absolute Gasteiger partial charge is 0.494 e. The fraction of sp³-hybridized carbons (Fsp3) is 0.500. The summed E-state index contributed by atoms with van der Waals surface area (Å²) >= 11 is 2.81. The number of anilines is 1. The highest BCUT2D eigenvalue weighted by atomic mass is 32.2. The predicted octanol–water partition coefficient (Wildman–Crippen LogP) is 4.04. The maximum atomic E-state index is 13.8. The van der Waals surface area contributed by atoms with E-state index in [9.17, 15) is 9.18 Å². The van der Waals surface area contributed by atoms with E-state index >= 15 is 0 Å². The van der Waals surface area contributed by atoms with Gasteiger partial charge < -0.3 is 15.0 Å². The Morgan fingerprint density at radius 3 is 2.81 bits per heavy atom. The van der Waals surface area contributed by atoms with Crippen LogP contribution in [0.2, 0.25) is 0 Å². The van der Waals surface area contributed by atoms with Crippen LogP contribution in [-0.2, 0) is 11.3 Å². The first-order valence-electron chi connectivity index (χ1n) is 8.79. The molecule has 9 heteroatoms. The Morgan fingerprint density at radius 2 is 2.19 bits per heavy atom. The van der Waals surface area contributed by atoms with Crippen molar-refractivity contribution in [2.75, 3.05) is 24.7 Å². The van der Waals surface area contributed by atoms with Gasteiger partial charge in [-0.1, -0.05) is 36.1 Å². The maximum absolute atomic E-state index is 13.8. The average molecular weight is 413 g/mol. The number of nitrogens with zero attached hydrogens (tertiary/aromatic N) is 3. The Balaban J connectivity index is 1.90. The van der Waals surface area contributed by atoms with E-state index in [0.29, 0.717) is 19.1 Å². The highest BCUT2D eigenvalue weighted by molar-refractivity contribution is 8.01. The SMILES string of the molecule is CC[C@@H](C)Nc1nnc(SCC(=O)N(CC)Cc2ccc(OC)c(F)c2)s1. The van der Waals surface area contributed by atoms with Gasteiger partial charge in [0.05, 0.1) is 12.9 Å². The molecule has 1 amide bonds. The molecule has 0 aliphatic carbocycles. The van der Waals surface area contributed by atoms with Crippen molar-refractivity contribution in [2.45, 2.75) is 44.1 Å². The fourth-order valence-corrected chi connectivity index (χ4v) is 4.03. The third-order valence-corrected chi connectivity index (χ3v) is 6.00. The lowest BCUT2D eigenvalue weighted by Crippen LogP contribution is -2.31. The number of hydrogen-bond acceptors (Lipinski definition) is 7. The highest BCUT2D eigenvalue weighted by Gasteiger charge is 2.15. The van der Waals surface area contributed by atoms with E-state index in [-0.39, 0.29) is 17.4 Å². The minimum absolute atomic E-state index is 0.0228. The lowest BCUT2D eigenvalue weighted by atomic mass is 10.2. The third kappa shape index (κ3) is 6.35. The van der Waals surface area contributed by atoms with Crippen LogP contribution in [0.1, 0.15) is 32.8 Å². The van der Waals surface area contributed by atoms with Gasteiger partial charge in [0.1, 0.15) is 0 Å². The van der Waals surface area contributed by atoms with Gasteiger partial charge in [-0.15, -0.1) is 10.2 Å². The summed E-state index contributed by atoms with van der Waals surface area (Å²) in [6.07, 6.45) is 0.998. The summed E-state index contributed by atoms with van der Waals surface area (Å²) in [5.41, 5.74) is 0.726. The molecule has 0 fully saturated rings. The van der Waals surface area contributed by atoms with Crippen LogP contribution >= 0.6 is 23.1 Å². The van der Waals surface area contributed by atoms with Gasteiger partial charge in [-0.25, -0.2) is 4.39 Å². The molecule has 0 unspecified atom stereocenters. The van der Waals surface area contributed by atoms with E-state index in [4.69, 9.17) is 4.74 Å². The number of rotatable bonds is 10. The summed E-state index contributed by atoms with van der Waals surface area (Å²) in [4.78, 5) is 14.2. The molecule has 0 spiro atoms. The molecule has 1 heterocycles. The molecule has 0 aliphatic rings. The Bertz CT molecular complexity index is 757. The second-order valence-electron chi connectivity index (χ2n) is 5.99. The molecule has 2 aromatic rings. The molecule has 148 valence electrons. The second kappa shape index (κ2) is 10.5. The Hall–Kier alpha value is -1.87. The number of aromatic nitrogens is 2. The maximum Gasteiger partial charge on any atom is 0.233 e. The van der Waals surface area contributed by atoms with Crippen molar-refractivity contribution in [3.63, 3.8) is 0 Å². The van der Waals surface area contributed by atoms with E-state index in [0.717, 1.165) is 21.5 Å². The molecule has 1 N–H and O–H groups in total. The number of nitrogens with one attached hydrogen (secondary N) is 1. The monoisotopic (exact) mass is 412 g/mol. The summed E-state index contributed by atoms with van der Waals surface area (Å²) in [5.74, 6) is 0.0138. The lowest BCUT2D eigenvalue weighted by molar-refractivity contribution is -0.128. The smallest absolute Gasteiger partial charge is 0.233 e. The molecule has 0 saturated carbocycles. The number of carbonyl (C=O) groups is 1. The predicted molar refractivity (Wildman–Crippen MR) is 108 cm³/mol. The number of carbonyl (C=O) groups excluding carboxylic acids is 1. The molecule has 1 aromatic carbocycles. The average Bonchev–Trinajstić information content (AvgIpc) is 3.11. The summed E-state index contributed by atoms with van der Waals surface area (Å²) in [7, 11) is 1.43. The topological polar surface area (TPSA) is 67.4 Å². The van der Waals surface area contributed by atoms with Crippen molar-refractivity contribution in [1.29, 1.82) is 0 Å².